The van der Waals surface area contributed by atoms with Gasteiger partial charge in [-0.05, 0) is 31.9 Å². The highest BCUT2D eigenvalue weighted by Gasteiger charge is 2.46. The van der Waals surface area contributed by atoms with Gasteiger partial charge in [0.2, 0.25) is 0 Å². The molecule has 0 heterocycles. The Morgan fingerprint density at radius 2 is 1.44 bits per heavy atom. The van der Waals surface area contributed by atoms with E-state index in [0.717, 1.165) is 16.7 Å². The molecule has 0 amide bonds. The van der Waals surface area contributed by atoms with Crippen LogP contribution in [0.2, 0.25) is 0 Å². The molecule has 0 aliphatic carbocycles. The van der Waals surface area contributed by atoms with E-state index < -0.39 is 17.4 Å². The summed E-state index contributed by atoms with van der Waals surface area (Å²) >= 11 is 0. The zero-order valence-corrected chi connectivity index (χ0v) is 16.1. The minimum atomic E-state index is -1.53. The fourth-order valence-electron chi connectivity index (χ4n) is 2.78. The molecule has 0 unspecified atom stereocenters. The number of hydrogen-bond acceptors (Lipinski definition) is 4. The number of ether oxygens (including phenoxy) is 2. The Hall–Kier alpha value is -2.88. The van der Waals surface area contributed by atoms with Crippen molar-refractivity contribution in [1.82, 2.24) is 0 Å². The van der Waals surface area contributed by atoms with Crippen LogP contribution in [0.4, 0.5) is 0 Å². The molecular formula is C23H26O4. The third-order valence-corrected chi connectivity index (χ3v) is 4.24. The van der Waals surface area contributed by atoms with Crippen LogP contribution in [0.5, 0.6) is 0 Å². The number of benzene rings is 2. The van der Waals surface area contributed by atoms with Gasteiger partial charge in [-0.2, -0.15) is 0 Å². The number of aryl methyl sites for hydroxylation is 1. The van der Waals surface area contributed by atoms with Gasteiger partial charge in [0.05, 0.1) is 13.2 Å². The predicted molar refractivity (Wildman–Crippen MR) is 106 cm³/mol. The van der Waals surface area contributed by atoms with Gasteiger partial charge in [-0.15, -0.1) is 0 Å². The Balaban J connectivity index is 2.49. The maximum atomic E-state index is 12.9. The summed E-state index contributed by atoms with van der Waals surface area (Å²) < 4.78 is 10.5. The zero-order valence-electron chi connectivity index (χ0n) is 16.1. The monoisotopic (exact) mass is 366 g/mol. The highest BCUT2D eigenvalue weighted by Crippen LogP contribution is 2.30. The lowest BCUT2D eigenvalue weighted by molar-refractivity contribution is -0.167. The minimum Gasteiger partial charge on any atom is -0.465 e. The van der Waals surface area contributed by atoms with Crippen molar-refractivity contribution >= 4 is 18.0 Å². The molecular weight excluding hydrogens is 340 g/mol. The Bertz CT molecular complexity index is 758. The smallest absolute Gasteiger partial charge is 0.327 e. The van der Waals surface area contributed by atoms with Crippen molar-refractivity contribution in [2.24, 2.45) is 5.41 Å². The first-order chi connectivity index (χ1) is 13.0. The first kappa shape index (κ1) is 20.4. The standard InChI is InChI=1S/C23H26O4/c1-4-26-21(24)23(22(25)27-5-2,17-20-9-7-6-8-10-20)16-15-19-13-11-18(3)12-14-19/h6-16H,4-5,17H2,1-3H3/b16-15+. The fraction of sp³-hybridized carbons (Fsp3) is 0.304. The van der Waals surface area contributed by atoms with Crippen LogP contribution in [0.15, 0.2) is 60.7 Å². The molecule has 0 aliphatic rings. The molecule has 27 heavy (non-hydrogen) atoms. The minimum absolute atomic E-state index is 0.174. The lowest BCUT2D eigenvalue weighted by Crippen LogP contribution is -2.42. The molecule has 0 spiro atoms. The van der Waals surface area contributed by atoms with Crippen LogP contribution in [0.25, 0.3) is 6.08 Å². The van der Waals surface area contributed by atoms with Crippen molar-refractivity contribution < 1.29 is 19.1 Å². The molecule has 2 aromatic carbocycles. The van der Waals surface area contributed by atoms with Crippen molar-refractivity contribution in [3.63, 3.8) is 0 Å². The van der Waals surface area contributed by atoms with Gasteiger partial charge in [-0.1, -0.05) is 72.3 Å². The van der Waals surface area contributed by atoms with E-state index in [1.807, 2.05) is 61.5 Å². The molecule has 4 heteroatoms. The van der Waals surface area contributed by atoms with Crippen molar-refractivity contribution in [3.8, 4) is 0 Å². The van der Waals surface area contributed by atoms with Crippen LogP contribution in [0, 0.1) is 12.3 Å². The molecule has 0 radical (unpaired) electrons. The normalized spacial score (nSPS) is 11.4. The van der Waals surface area contributed by atoms with Gasteiger partial charge in [0, 0.05) is 6.42 Å². The summed E-state index contributed by atoms with van der Waals surface area (Å²) in [5.41, 5.74) is 1.36. The summed E-state index contributed by atoms with van der Waals surface area (Å²) in [4.78, 5) is 25.8. The van der Waals surface area contributed by atoms with Gasteiger partial charge < -0.3 is 9.47 Å². The molecule has 2 rings (SSSR count). The number of carbonyl (C=O) groups is 2. The topological polar surface area (TPSA) is 52.6 Å². The number of esters is 2. The van der Waals surface area contributed by atoms with Gasteiger partial charge in [-0.25, -0.2) is 0 Å². The molecule has 0 bridgehead atoms. The summed E-state index contributed by atoms with van der Waals surface area (Å²) in [6, 6.07) is 17.2. The largest absolute Gasteiger partial charge is 0.465 e. The lowest BCUT2D eigenvalue weighted by atomic mass is 9.80. The second-order valence-electron chi connectivity index (χ2n) is 6.32. The molecule has 0 fully saturated rings. The second-order valence-corrected chi connectivity index (χ2v) is 6.32. The van der Waals surface area contributed by atoms with Gasteiger partial charge in [0.15, 0.2) is 5.41 Å². The molecule has 0 N–H and O–H groups in total. The summed E-state index contributed by atoms with van der Waals surface area (Å²) in [6.07, 6.45) is 3.56. The van der Waals surface area contributed by atoms with Crippen molar-refractivity contribution in [3.05, 3.63) is 77.4 Å². The van der Waals surface area contributed by atoms with Crippen LogP contribution in [-0.4, -0.2) is 25.2 Å². The molecule has 0 atom stereocenters. The number of carbonyl (C=O) groups excluding carboxylic acids is 2. The number of rotatable bonds is 8. The highest BCUT2D eigenvalue weighted by molar-refractivity contribution is 6.03. The van der Waals surface area contributed by atoms with E-state index in [2.05, 4.69) is 0 Å². The van der Waals surface area contributed by atoms with Crippen LogP contribution in [-0.2, 0) is 25.5 Å². The average Bonchev–Trinajstić information content (AvgIpc) is 2.67. The van der Waals surface area contributed by atoms with E-state index in [9.17, 15) is 9.59 Å². The summed E-state index contributed by atoms with van der Waals surface area (Å²) in [7, 11) is 0. The van der Waals surface area contributed by atoms with Gasteiger partial charge in [-0.3, -0.25) is 9.59 Å². The molecule has 0 aromatic heterocycles. The van der Waals surface area contributed by atoms with Gasteiger partial charge in [0.1, 0.15) is 0 Å². The zero-order chi connectivity index (χ0) is 19.7. The van der Waals surface area contributed by atoms with E-state index in [0.29, 0.717) is 0 Å². The highest BCUT2D eigenvalue weighted by atomic mass is 16.6. The Morgan fingerprint density at radius 3 is 1.96 bits per heavy atom. The molecule has 4 nitrogen and oxygen atoms in total. The van der Waals surface area contributed by atoms with Gasteiger partial charge in [0.25, 0.3) is 0 Å². The maximum Gasteiger partial charge on any atom is 0.327 e. The van der Waals surface area contributed by atoms with Gasteiger partial charge >= 0.3 is 11.9 Å². The van der Waals surface area contributed by atoms with E-state index in [-0.39, 0.29) is 19.6 Å². The van der Waals surface area contributed by atoms with Crippen molar-refractivity contribution in [2.75, 3.05) is 13.2 Å². The molecule has 0 aliphatic heterocycles. The molecule has 0 saturated heterocycles. The predicted octanol–water partition coefficient (Wildman–Crippen LogP) is 4.36. The fourth-order valence-corrected chi connectivity index (χ4v) is 2.78. The van der Waals surface area contributed by atoms with Crippen LogP contribution < -0.4 is 0 Å². The Labute approximate surface area is 160 Å². The van der Waals surface area contributed by atoms with E-state index in [1.54, 1.807) is 26.0 Å². The third-order valence-electron chi connectivity index (χ3n) is 4.24. The van der Waals surface area contributed by atoms with Crippen LogP contribution in [0.1, 0.15) is 30.5 Å². The second kappa shape index (κ2) is 9.72. The molecule has 142 valence electrons. The van der Waals surface area contributed by atoms with E-state index in [4.69, 9.17) is 9.47 Å². The molecule has 0 saturated carbocycles. The summed E-state index contributed by atoms with van der Waals surface area (Å²) in [6.45, 7) is 5.82. The lowest BCUT2D eigenvalue weighted by Gasteiger charge is -2.26. The SMILES string of the molecule is CCOC(=O)C(/C=C/c1ccc(C)cc1)(Cc1ccccc1)C(=O)OCC. The van der Waals surface area contributed by atoms with Crippen LogP contribution in [0.3, 0.4) is 0 Å². The van der Waals surface area contributed by atoms with Crippen LogP contribution >= 0.6 is 0 Å². The Morgan fingerprint density at radius 1 is 0.889 bits per heavy atom. The summed E-state index contributed by atoms with van der Waals surface area (Å²) in [5.74, 6) is -1.20. The van der Waals surface area contributed by atoms with E-state index in [1.165, 1.54) is 0 Å². The average molecular weight is 366 g/mol. The first-order valence-corrected chi connectivity index (χ1v) is 9.16. The quantitative estimate of drug-likeness (QED) is 0.514. The molecule has 2 aromatic rings. The Kier molecular flexibility index (Phi) is 7.35. The first-order valence-electron chi connectivity index (χ1n) is 9.16. The maximum absolute atomic E-state index is 12.9. The van der Waals surface area contributed by atoms with Crippen molar-refractivity contribution in [2.45, 2.75) is 27.2 Å². The number of hydrogen-bond donors (Lipinski definition) is 0. The van der Waals surface area contributed by atoms with E-state index >= 15 is 0 Å². The third kappa shape index (κ3) is 5.30. The van der Waals surface area contributed by atoms with Crippen molar-refractivity contribution in [1.29, 1.82) is 0 Å². The summed E-state index contributed by atoms with van der Waals surface area (Å²) in [5, 5.41) is 0.